The van der Waals surface area contributed by atoms with Gasteiger partial charge in [0.05, 0.1) is 4.92 Å². The number of anilines is 2. The molecular formula is C12H16F3N3O2. The number of nitrogens with zero attached hydrogens (tertiary/aromatic N) is 2. The largest absolute Gasteiger partial charge is 0.405 e. The van der Waals surface area contributed by atoms with E-state index in [1.165, 1.54) is 19.2 Å². The van der Waals surface area contributed by atoms with Crippen molar-refractivity contribution in [3.8, 4) is 0 Å². The summed E-state index contributed by atoms with van der Waals surface area (Å²) in [7, 11) is 1.25. The molecule has 0 aliphatic rings. The van der Waals surface area contributed by atoms with E-state index < -0.39 is 17.6 Å². The van der Waals surface area contributed by atoms with E-state index in [2.05, 4.69) is 5.32 Å². The smallest absolute Gasteiger partial charge is 0.385 e. The molecule has 0 fully saturated rings. The molecule has 0 heterocycles. The molecule has 0 aliphatic heterocycles. The first-order valence-electron chi connectivity index (χ1n) is 6.04. The van der Waals surface area contributed by atoms with Crippen molar-refractivity contribution in [1.82, 2.24) is 0 Å². The van der Waals surface area contributed by atoms with Crippen molar-refractivity contribution in [2.45, 2.75) is 19.5 Å². The van der Waals surface area contributed by atoms with Crippen LogP contribution in [0.25, 0.3) is 0 Å². The SMILES string of the molecule is CCCNc1cc(N(C)CC(F)(F)F)cc([N+](=O)[O-])c1. The molecule has 0 saturated heterocycles. The van der Waals surface area contributed by atoms with E-state index >= 15 is 0 Å². The summed E-state index contributed by atoms with van der Waals surface area (Å²) in [6.07, 6.45) is -3.56. The number of hydrogen-bond donors (Lipinski definition) is 1. The second-order valence-electron chi connectivity index (χ2n) is 4.39. The Kier molecular flexibility index (Phi) is 5.18. The monoisotopic (exact) mass is 291 g/mol. The van der Waals surface area contributed by atoms with Gasteiger partial charge in [0, 0.05) is 37.1 Å². The number of halogens is 3. The van der Waals surface area contributed by atoms with Gasteiger partial charge in [0.2, 0.25) is 0 Å². The summed E-state index contributed by atoms with van der Waals surface area (Å²) >= 11 is 0. The van der Waals surface area contributed by atoms with Gasteiger partial charge in [0.1, 0.15) is 6.54 Å². The van der Waals surface area contributed by atoms with Crippen LogP contribution in [-0.4, -0.2) is 31.2 Å². The van der Waals surface area contributed by atoms with Gasteiger partial charge in [0.25, 0.3) is 5.69 Å². The fourth-order valence-electron chi connectivity index (χ4n) is 1.65. The van der Waals surface area contributed by atoms with Gasteiger partial charge >= 0.3 is 6.18 Å². The summed E-state index contributed by atoms with van der Waals surface area (Å²) < 4.78 is 37.1. The first-order valence-corrected chi connectivity index (χ1v) is 6.04. The fourth-order valence-corrected chi connectivity index (χ4v) is 1.65. The van der Waals surface area contributed by atoms with E-state index in [0.29, 0.717) is 12.2 Å². The highest BCUT2D eigenvalue weighted by Crippen LogP contribution is 2.28. The van der Waals surface area contributed by atoms with Crippen molar-refractivity contribution in [1.29, 1.82) is 0 Å². The minimum Gasteiger partial charge on any atom is -0.385 e. The second-order valence-corrected chi connectivity index (χ2v) is 4.39. The summed E-state index contributed by atoms with van der Waals surface area (Å²) in [6, 6.07) is 3.90. The molecule has 0 amide bonds. The van der Waals surface area contributed by atoms with Crippen molar-refractivity contribution >= 4 is 17.1 Å². The van der Waals surface area contributed by atoms with Crippen LogP contribution in [0.4, 0.5) is 30.2 Å². The summed E-state index contributed by atoms with van der Waals surface area (Å²) in [5.41, 5.74) is 0.343. The fraction of sp³-hybridized carbons (Fsp3) is 0.500. The van der Waals surface area contributed by atoms with Crippen LogP contribution < -0.4 is 10.2 Å². The lowest BCUT2D eigenvalue weighted by atomic mass is 10.2. The number of nitrogens with one attached hydrogen (secondary N) is 1. The number of nitro groups is 1. The maximum absolute atomic E-state index is 12.4. The van der Waals surface area contributed by atoms with Crippen molar-refractivity contribution in [2.75, 3.05) is 30.4 Å². The summed E-state index contributed by atoms with van der Waals surface area (Å²) in [4.78, 5) is 11.1. The molecular weight excluding hydrogens is 275 g/mol. The number of benzene rings is 1. The highest BCUT2D eigenvalue weighted by Gasteiger charge is 2.30. The highest BCUT2D eigenvalue weighted by atomic mass is 19.4. The Hall–Kier alpha value is -1.99. The summed E-state index contributed by atoms with van der Waals surface area (Å²) in [5.74, 6) is 0. The van der Waals surface area contributed by atoms with E-state index in [1.807, 2.05) is 6.92 Å². The molecule has 1 aromatic carbocycles. The third-order valence-electron chi connectivity index (χ3n) is 2.55. The third kappa shape index (κ3) is 4.94. The van der Waals surface area contributed by atoms with Crippen LogP contribution >= 0.6 is 0 Å². The average molecular weight is 291 g/mol. The Morgan fingerprint density at radius 2 is 2.00 bits per heavy atom. The van der Waals surface area contributed by atoms with Crippen LogP contribution in [0.1, 0.15) is 13.3 Å². The van der Waals surface area contributed by atoms with E-state index in [4.69, 9.17) is 0 Å². The zero-order valence-corrected chi connectivity index (χ0v) is 11.2. The normalized spacial score (nSPS) is 11.2. The quantitative estimate of drug-likeness (QED) is 0.644. The van der Waals surface area contributed by atoms with Gasteiger partial charge in [-0.2, -0.15) is 13.2 Å². The molecule has 0 bridgehead atoms. The molecule has 0 radical (unpaired) electrons. The zero-order chi connectivity index (χ0) is 15.3. The maximum atomic E-state index is 12.4. The van der Waals surface area contributed by atoms with Gasteiger partial charge in [-0.3, -0.25) is 10.1 Å². The van der Waals surface area contributed by atoms with Gasteiger partial charge in [-0.15, -0.1) is 0 Å². The molecule has 0 unspecified atom stereocenters. The zero-order valence-electron chi connectivity index (χ0n) is 11.2. The molecule has 1 N–H and O–H groups in total. The van der Waals surface area contributed by atoms with Crippen LogP contribution in [0, 0.1) is 10.1 Å². The number of nitro benzene ring substituents is 1. The molecule has 0 aromatic heterocycles. The lowest BCUT2D eigenvalue weighted by Gasteiger charge is -2.21. The van der Waals surface area contributed by atoms with Crippen LogP contribution in [0.15, 0.2) is 18.2 Å². The molecule has 0 spiro atoms. The summed E-state index contributed by atoms with van der Waals surface area (Å²) in [5, 5.41) is 13.8. The van der Waals surface area contributed by atoms with Gasteiger partial charge in [0.15, 0.2) is 0 Å². The van der Waals surface area contributed by atoms with Gasteiger partial charge in [-0.1, -0.05) is 6.92 Å². The minimum absolute atomic E-state index is 0.148. The van der Waals surface area contributed by atoms with Crippen molar-refractivity contribution in [3.63, 3.8) is 0 Å². The lowest BCUT2D eigenvalue weighted by Crippen LogP contribution is -2.30. The predicted molar refractivity (Wildman–Crippen MR) is 71.2 cm³/mol. The van der Waals surface area contributed by atoms with Crippen molar-refractivity contribution < 1.29 is 18.1 Å². The van der Waals surface area contributed by atoms with Crippen LogP contribution in [0.2, 0.25) is 0 Å². The number of rotatable bonds is 6. The number of alkyl halides is 3. The molecule has 20 heavy (non-hydrogen) atoms. The first-order chi connectivity index (χ1) is 9.23. The van der Waals surface area contributed by atoms with Gasteiger partial charge in [-0.05, 0) is 12.5 Å². The molecule has 5 nitrogen and oxygen atoms in total. The molecule has 0 atom stereocenters. The molecule has 1 aromatic rings. The molecule has 112 valence electrons. The third-order valence-corrected chi connectivity index (χ3v) is 2.55. The van der Waals surface area contributed by atoms with Crippen LogP contribution in [0.3, 0.4) is 0 Å². The van der Waals surface area contributed by atoms with E-state index in [9.17, 15) is 23.3 Å². The van der Waals surface area contributed by atoms with Crippen LogP contribution in [0.5, 0.6) is 0 Å². The number of non-ortho nitro benzene ring substituents is 1. The molecule has 0 saturated carbocycles. The van der Waals surface area contributed by atoms with Gasteiger partial charge in [-0.25, -0.2) is 0 Å². The van der Waals surface area contributed by atoms with E-state index in [-0.39, 0.29) is 11.4 Å². The Labute approximate surface area is 114 Å². The summed E-state index contributed by atoms with van der Waals surface area (Å²) in [6.45, 7) is 1.34. The minimum atomic E-state index is -4.36. The Bertz CT molecular complexity index is 478. The maximum Gasteiger partial charge on any atom is 0.405 e. The standard InChI is InChI=1S/C12H16F3N3O2/c1-3-4-16-9-5-10(7-11(6-9)18(19)20)17(2)8-12(13,14)15/h5-7,16H,3-4,8H2,1-2H3. The van der Waals surface area contributed by atoms with Gasteiger partial charge < -0.3 is 10.2 Å². The topological polar surface area (TPSA) is 58.4 Å². The van der Waals surface area contributed by atoms with Crippen LogP contribution in [-0.2, 0) is 0 Å². The number of hydrogen-bond acceptors (Lipinski definition) is 4. The molecule has 1 rings (SSSR count). The van der Waals surface area contributed by atoms with E-state index in [1.54, 1.807) is 0 Å². The predicted octanol–water partition coefficient (Wildman–Crippen LogP) is 3.42. The molecule has 0 aliphatic carbocycles. The average Bonchev–Trinajstić information content (AvgIpc) is 2.33. The van der Waals surface area contributed by atoms with E-state index in [0.717, 1.165) is 17.4 Å². The Morgan fingerprint density at radius 3 is 2.50 bits per heavy atom. The Balaban J connectivity index is 3.04. The van der Waals surface area contributed by atoms with Crippen molar-refractivity contribution in [3.05, 3.63) is 28.3 Å². The Morgan fingerprint density at radius 1 is 1.35 bits per heavy atom. The van der Waals surface area contributed by atoms with Crippen molar-refractivity contribution in [2.24, 2.45) is 0 Å². The molecule has 8 heteroatoms. The second kappa shape index (κ2) is 6.44. The first kappa shape index (κ1) is 16.1. The highest BCUT2D eigenvalue weighted by molar-refractivity contribution is 5.64. The lowest BCUT2D eigenvalue weighted by molar-refractivity contribution is -0.384.